The quantitative estimate of drug-likeness (QED) is 0.0905. The molecule has 204 valence electrons. The van der Waals surface area contributed by atoms with Crippen molar-refractivity contribution in [3.8, 4) is 0 Å². The highest BCUT2D eigenvalue weighted by Crippen LogP contribution is 2.42. The highest BCUT2D eigenvalue weighted by molar-refractivity contribution is 6.00. The maximum atomic E-state index is 13.4. The highest BCUT2D eigenvalue weighted by atomic mass is 16.6. The lowest BCUT2D eigenvalue weighted by atomic mass is 9.79. The molecule has 1 aliphatic heterocycles. The van der Waals surface area contributed by atoms with E-state index in [0.717, 1.165) is 5.56 Å². The molecular formula is C28H31N5O6. The molecule has 0 aromatic heterocycles. The van der Waals surface area contributed by atoms with Crippen molar-refractivity contribution in [2.24, 2.45) is 5.11 Å². The number of carbonyl (C=O) groups is 2. The largest absolute Gasteiger partial charge is 0.463 e. The van der Waals surface area contributed by atoms with E-state index in [1.54, 1.807) is 33.8 Å². The number of nitrogens with one attached hydrogen (secondary N) is 1. The molecule has 39 heavy (non-hydrogen) atoms. The number of allylic oxidation sites excluding steroid dienone is 2. The summed E-state index contributed by atoms with van der Waals surface area (Å²) in [6.45, 7) is 6.85. The second-order valence-corrected chi connectivity index (χ2v) is 9.19. The standard InChI is InChI=1S/C28H31N5O6/c1-5-38-27(34)26-23(15-14-22(31-32-29)19-10-7-6-8-11-19)30-18(4)24(28(35)39-17(2)3)25(26)20-12-9-13-21(16-20)33(36)37/h6-13,16-17,22,25,30H,5,14-15H2,1-4H3. The van der Waals surface area contributed by atoms with Crippen LogP contribution in [-0.2, 0) is 19.1 Å². The third-order valence-electron chi connectivity index (χ3n) is 6.16. The minimum absolute atomic E-state index is 0.0805. The maximum Gasteiger partial charge on any atom is 0.337 e. The van der Waals surface area contributed by atoms with Gasteiger partial charge in [-0.25, -0.2) is 9.59 Å². The predicted molar refractivity (Wildman–Crippen MR) is 144 cm³/mol. The topological polar surface area (TPSA) is 157 Å². The zero-order chi connectivity index (χ0) is 28.5. The Labute approximate surface area is 226 Å². The van der Waals surface area contributed by atoms with Crippen LogP contribution < -0.4 is 5.32 Å². The molecule has 1 heterocycles. The van der Waals surface area contributed by atoms with Crippen molar-refractivity contribution in [2.75, 3.05) is 6.61 Å². The van der Waals surface area contributed by atoms with Gasteiger partial charge in [-0.3, -0.25) is 10.1 Å². The Kier molecular flexibility index (Phi) is 9.83. The molecular weight excluding hydrogens is 502 g/mol. The van der Waals surface area contributed by atoms with Crippen LogP contribution in [0.15, 0.2) is 82.3 Å². The van der Waals surface area contributed by atoms with Crippen LogP contribution in [0.3, 0.4) is 0 Å². The van der Waals surface area contributed by atoms with E-state index in [1.165, 1.54) is 18.2 Å². The van der Waals surface area contributed by atoms with Crippen LogP contribution in [-0.4, -0.2) is 29.6 Å². The third-order valence-corrected chi connectivity index (χ3v) is 6.16. The minimum Gasteiger partial charge on any atom is -0.463 e. The summed E-state index contributed by atoms with van der Waals surface area (Å²) in [5.74, 6) is -2.30. The fourth-order valence-electron chi connectivity index (χ4n) is 4.55. The van der Waals surface area contributed by atoms with Gasteiger partial charge in [0.1, 0.15) is 0 Å². The van der Waals surface area contributed by atoms with Gasteiger partial charge in [-0.1, -0.05) is 47.6 Å². The molecule has 2 aromatic carbocycles. The summed E-state index contributed by atoms with van der Waals surface area (Å²) in [4.78, 5) is 40.8. The number of hydrogen-bond donors (Lipinski definition) is 1. The van der Waals surface area contributed by atoms with Crippen LogP contribution in [0, 0.1) is 10.1 Å². The number of azide groups is 1. The number of nitro groups is 1. The number of non-ortho nitro benzene ring substituents is 1. The number of hydrogen-bond acceptors (Lipinski definition) is 8. The Morgan fingerprint density at radius 3 is 2.46 bits per heavy atom. The average molecular weight is 534 g/mol. The molecule has 3 rings (SSSR count). The minimum atomic E-state index is -0.985. The third kappa shape index (κ3) is 7.03. The molecule has 2 unspecified atom stereocenters. The van der Waals surface area contributed by atoms with Crippen LogP contribution in [0.5, 0.6) is 0 Å². The molecule has 0 aliphatic carbocycles. The summed E-state index contributed by atoms with van der Waals surface area (Å²) >= 11 is 0. The number of carbonyl (C=O) groups excluding carboxylic acids is 2. The van der Waals surface area contributed by atoms with Crippen LogP contribution in [0.4, 0.5) is 5.69 Å². The number of nitro benzene ring substituents is 1. The normalized spacial score (nSPS) is 15.8. The lowest BCUT2D eigenvalue weighted by Gasteiger charge is -2.32. The molecule has 11 heteroatoms. The van der Waals surface area contributed by atoms with Crippen molar-refractivity contribution < 1.29 is 24.0 Å². The van der Waals surface area contributed by atoms with Gasteiger partial charge in [0.25, 0.3) is 5.69 Å². The zero-order valence-electron chi connectivity index (χ0n) is 22.3. The van der Waals surface area contributed by atoms with Crippen molar-refractivity contribution in [1.29, 1.82) is 0 Å². The molecule has 0 saturated carbocycles. The first-order valence-electron chi connectivity index (χ1n) is 12.6. The van der Waals surface area contributed by atoms with Crippen molar-refractivity contribution in [1.82, 2.24) is 5.32 Å². The molecule has 0 fully saturated rings. The van der Waals surface area contributed by atoms with Crippen LogP contribution in [0.25, 0.3) is 10.4 Å². The van der Waals surface area contributed by atoms with Gasteiger partial charge in [-0.05, 0) is 57.2 Å². The lowest BCUT2D eigenvalue weighted by molar-refractivity contribution is -0.384. The number of rotatable bonds is 11. The molecule has 0 amide bonds. The number of esters is 2. The molecule has 2 aromatic rings. The number of ether oxygens (including phenoxy) is 2. The first-order valence-corrected chi connectivity index (χ1v) is 12.6. The lowest BCUT2D eigenvalue weighted by Crippen LogP contribution is -2.34. The summed E-state index contributed by atoms with van der Waals surface area (Å²) in [6.07, 6.45) is 0.178. The fourth-order valence-corrected chi connectivity index (χ4v) is 4.55. The molecule has 0 bridgehead atoms. The zero-order valence-corrected chi connectivity index (χ0v) is 22.3. The average Bonchev–Trinajstić information content (AvgIpc) is 2.90. The van der Waals surface area contributed by atoms with E-state index in [-0.39, 0.29) is 29.9 Å². The molecule has 0 spiro atoms. The predicted octanol–water partition coefficient (Wildman–Crippen LogP) is 6.16. The van der Waals surface area contributed by atoms with Crippen molar-refractivity contribution in [3.05, 3.63) is 109 Å². The number of dihydropyridines is 1. The maximum absolute atomic E-state index is 13.4. The van der Waals surface area contributed by atoms with E-state index < -0.39 is 34.9 Å². The van der Waals surface area contributed by atoms with Crippen LogP contribution in [0.1, 0.15) is 63.6 Å². The summed E-state index contributed by atoms with van der Waals surface area (Å²) in [6, 6.07) is 14.6. The van der Waals surface area contributed by atoms with Crippen molar-refractivity contribution in [3.63, 3.8) is 0 Å². The van der Waals surface area contributed by atoms with Crippen LogP contribution in [0.2, 0.25) is 0 Å². The monoisotopic (exact) mass is 533 g/mol. The Morgan fingerprint density at radius 2 is 1.85 bits per heavy atom. The number of nitrogens with zero attached hydrogens (tertiary/aromatic N) is 4. The molecule has 11 nitrogen and oxygen atoms in total. The molecule has 1 aliphatic rings. The van der Waals surface area contributed by atoms with Gasteiger partial charge in [0.15, 0.2) is 0 Å². The van der Waals surface area contributed by atoms with Gasteiger partial charge in [0.05, 0.1) is 40.7 Å². The second-order valence-electron chi connectivity index (χ2n) is 9.19. The van der Waals surface area contributed by atoms with Gasteiger partial charge >= 0.3 is 11.9 Å². The highest BCUT2D eigenvalue weighted by Gasteiger charge is 2.39. The summed E-state index contributed by atoms with van der Waals surface area (Å²) in [5, 5.41) is 18.7. The second kappa shape index (κ2) is 13.3. The van der Waals surface area contributed by atoms with Gasteiger partial charge < -0.3 is 14.8 Å². The Balaban J connectivity index is 2.17. The Morgan fingerprint density at radius 1 is 1.13 bits per heavy atom. The summed E-state index contributed by atoms with van der Waals surface area (Å²) in [5.41, 5.74) is 11.4. The van der Waals surface area contributed by atoms with Crippen molar-refractivity contribution >= 4 is 17.6 Å². The van der Waals surface area contributed by atoms with E-state index in [4.69, 9.17) is 15.0 Å². The Hall–Kier alpha value is -4.63. The van der Waals surface area contributed by atoms with Gasteiger partial charge in [0, 0.05) is 28.4 Å². The van der Waals surface area contributed by atoms with E-state index >= 15 is 0 Å². The van der Waals surface area contributed by atoms with Crippen LogP contribution >= 0.6 is 0 Å². The molecule has 2 atom stereocenters. The van der Waals surface area contributed by atoms with Crippen molar-refractivity contribution in [2.45, 2.75) is 58.6 Å². The number of benzene rings is 2. The molecule has 0 saturated heterocycles. The Bertz CT molecular complexity index is 1350. The summed E-state index contributed by atoms with van der Waals surface area (Å²) in [7, 11) is 0. The van der Waals surface area contributed by atoms with E-state index in [9.17, 15) is 19.7 Å². The van der Waals surface area contributed by atoms with E-state index in [0.29, 0.717) is 23.4 Å². The summed E-state index contributed by atoms with van der Waals surface area (Å²) < 4.78 is 10.9. The molecule has 1 N–H and O–H groups in total. The smallest absolute Gasteiger partial charge is 0.337 e. The van der Waals surface area contributed by atoms with E-state index in [1.807, 2.05) is 30.3 Å². The molecule has 0 radical (unpaired) electrons. The first-order chi connectivity index (χ1) is 18.7. The SMILES string of the molecule is CCOC(=O)C1=C(CCC(N=[N+]=[N-])c2ccccc2)NC(C)=C(C(=O)OC(C)C)C1c1cccc([N+](=O)[O-])c1. The first kappa shape index (κ1) is 28.9. The van der Waals surface area contributed by atoms with Gasteiger partial charge in [-0.15, -0.1) is 0 Å². The van der Waals surface area contributed by atoms with E-state index in [2.05, 4.69) is 15.3 Å². The fraction of sp³-hybridized carbons (Fsp3) is 0.357. The van der Waals surface area contributed by atoms with Gasteiger partial charge in [-0.2, -0.15) is 0 Å². The van der Waals surface area contributed by atoms with Gasteiger partial charge in [0.2, 0.25) is 0 Å².